The summed E-state index contributed by atoms with van der Waals surface area (Å²) in [6, 6.07) is 51.3. The standard InChI is InChI=1S/C54H48F2N4O2/c1-35(2)49-47(53(61)57-43-21-13-7-14-22-43)45(37-17-9-5-10-18-37)51(39-25-29-41(55)30-26-39)59(49)33-34-60-50(36(3)4)48(54(62)58-44-23-15-8-16-24-44)46(38-19-11-6-12-20-38)52(60)40-27-31-42(56)32-28-40/h5-32,35-36H,33-34H2,1-4H3,(H,57,61)(H,58,62). The molecule has 0 spiro atoms. The molecule has 8 heteroatoms. The van der Waals surface area contributed by atoms with Gasteiger partial charge in [0.2, 0.25) is 0 Å². The second-order valence-corrected chi connectivity index (χ2v) is 16.0. The normalized spacial score (nSPS) is 11.3. The van der Waals surface area contributed by atoms with Gasteiger partial charge in [-0.1, -0.05) is 125 Å². The Kier molecular flexibility index (Phi) is 12.1. The Morgan fingerprint density at radius 3 is 1.05 bits per heavy atom. The van der Waals surface area contributed by atoms with Gasteiger partial charge in [0.1, 0.15) is 11.6 Å². The first-order chi connectivity index (χ1) is 30.1. The van der Waals surface area contributed by atoms with Crippen LogP contribution in [0.5, 0.6) is 0 Å². The predicted molar refractivity (Wildman–Crippen MR) is 247 cm³/mol. The maximum atomic E-state index is 14.8. The minimum atomic E-state index is -0.369. The molecule has 2 N–H and O–H groups in total. The molecule has 0 saturated carbocycles. The van der Waals surface area contributed by atoms with Gasteiger partial charge in [-0.3, -0.25) is 9.59 Å². The van der Waals surface area contributed by atoms with Crippen LogP contribution >= 0.6 is 0 Å². The molecule has 62 heavy (non-hydrogen) atoms. The summed E-state index contributed by atoms with van der Waals surface area (Å²) in [4.78, 5) is 29.7. The van der Waals surface area contributed by atoms with E-state index in [0.717, 1.165) is 56.2 Å². The average Bonchev–Trinajstić information content (AvgIpc) is 3.82. The van der Waals surface area contributed by atoms with Crippen LogP contribution in [0.3, 0.4) is 0 Å². The molecule has 310 valence electrons. The lowest BCUT2D eigenvalue weighted by molar-refractivity contribution is 0.101. The largest absolute Gasteiger partial charge is 0.341 e. The van der Waals surface area contributed by atoms with Crippen LogP contribution in [0.15, 0.2) is 170 Å². The number of carbonyl (C=O) groups excluding carboxylic acids is 2. The summed E-state index contributed by atoms with van der Waals surface area (Å²) in [7, 11) is 0. The van der Waals surface area contributed by atoms with E-state index in [9.17, 15) is 18.4 Å². The Morgan fingerprint density at radius 1 is 0.435 bits per heavy atom. The SMILES string of the molecule is CC(C)c1c(C(=O)Nc2ccccc2)c(-c2ccccc2)c(-c2ccc(F)cc2)n1CCn1c(-c2ccc(F)cc2)c(-c2ccccc2)c(C(=O)Nc2ccccc2)c1C(C)C. The summed E-state index contributed by atoms with van der Waals surface area (Å²) >= 11 is 0. The fraction of sp³-hybridized carbons (Fsp3) is 0.148. The molecule has 6 aromatic carbocycles. The van der Waals surface area contributed by atoms with Gasteiger partial charge in [-0.15, -0.1) is 0 Å². The van der Waals surface area contributed by atoms with E-state index in [1.54, 1.807) is 24.3 Å². The molecule has 0 aliphatic carbocycles. The van der Waals surface area contributed by atoms with Crippen LogP contribution in [-0.2, 0) is 13.1 Å². The molecule has 0 saturated heterocycles. The molecule has 0 aliphatic heterocycles. The first kappa shape index (κ1) is 41.4. The molecule has 0 fully saturated rings. The van der Waals surface area contributed by atoms with Crippen molar-refractivity contribution in [2.24, 2.45) is 0 Å². The van der Waals surface area contributed by atoms with Crippen molar-refractivity contribution in [1.82, 2.24) is 9.13 Å². The number of para-hydroxylation sites is 2. The van der Waals surface area contributed by atoms with Crippen LogP contribution in [0.2, 0.25) is 0 Å². The van der Waals surface area contributed by atoms with Crippen molar-refractivity contribution >= 4 is 23.2 Å². The third-order valence-electron chi connectivity index (χ3n) is 11.1. The summed E-state index contributed by atoms with van der Waals surface area (Å²) in [5.74, 6) is -1.54. The highest BCUT2D eigenvalue weighted by Gasteiger charge is 2.33. The highest BCUT2D eigenvalue weighted by atomic mass is 19.1. The second-order valence-electron chi connectivity index (χ2n) is 16.0. The van der Waals surface area contributed by atoms with Gasteiger partial charge in [-0.2, -0.15) is 0 Å². The van der Waals surface area contributed by atoms with Crippen molar-refractivity contribution in [3.05, 3.63) is 204 Å². The quantitative estimate of drug-likeness (QED) is 0.122. The van der Waals surface area contributed by atoms with Crippen LogP contribution in [-0.4, -0.2) is 20.9 Å². The van der Waals surface area contributed by atoms with Gasteiger partial charge in [-0.25, -0.2) is 8.78 Å². The summed E-state index contributed by atoms with van der Waals surface area (Å²) in [5, 5.41) is 6.33. The van der Waals surface area contributed by atoms with Gasteiger partial charge >= 0.3 is 0 Å². The van der Waals surface area contributed by atoms with E-state index < -0.39 is 0 Å². The highest BCUT2D eigenvalue weighted by molar-refractivity contribution is 6.13. The molecular formula is C54H48F2N4O2. The fourth-order valence-corrected chi connectivity index (χ4v) is 8.62. The van der Waals surface area contributed by atoms with E-state index >= 15 is 0 Å². The van der Waals surface area contributed by atoms with E-state index in [4.69, 9.17) is 0 Å². The lowest BCUT2D eigenvalue weighted by atomic mass is 9.94. The fourth-order valence-electron chi connectivity index (χ4n) is 8.62. The Hall–Kier alpha value is -7.32. The molecule has 2 amide bonds. The van der Waals surface area contributed by atoms with Gasteiger partial charge in [0.15, 0.2) is 0 Å². The summed E-state index contributed by atoms with van der Waals surface area (Å²) < 4.78 is 33.8. The Morgan fingerprint density at radius 2 is 0.742 bits per heavy atom. The Labute approximate surface area is 361 Å². The van der Waals surface area contributed by atoms with Crippen LogP contribution in [0.1, 0.15) is 71.6 Å². The van der Waals surface area contributed by atoms with Crippen LogP contribution in [0.25, 0.3) is 44.8 Å². The molecule has 2 aromatic heterocycles. The molecule has 0 atom stereocenters. The van der Waals surface area contributed by atoms with Crippen LogP contribution in [0.4, 0.5) is 20.2 Å². The topological polar surface area (TPSA) is 68.1 Å². The van der Waals surface area contributed by atoms with Crippen molar-refractivity contribution in [2.75, 3.05) is 10.6 Å². The zero-order chi connectivity index (χ0) is 43.3. The van der Waals surface area contributed by atoms with E-state index in [-0.39, 0.29) is 35.3 Å². The lowest BCUT2D eigenvalue weighted by Crippen LogP contribution is -2.19. The minimum absolute atomic E-state index is 0.138. The number of halogens is 2. The molecule has 0 bridgehead atoms. The van der Waals surface area contributed by atoms with E-state index in [0.29, 0.717) is 35.6 Å². The molecule has 2 heterocycles. The zero-order valence-corrected chi connectivity index (χ0v) is 35.2. The molecule has 6 nitrogen and oxygen atoms in total. The lowest BCUT2D eigenvalue weighted by Gasteiger charge is -2.21. The number of aromatic nitrogens is 2. The number of carbonyl (C=O) groups is 2. The molecule has 0 aliphatic rings. The number of rotatable bonds is 13. The molecular weight excluding hydrogens is 775 g/mol. The summed E-state index contributed by atoms with van der Waals surface area (Å²) in [6.45, 7) is 9.02. The zero-order valence-electron chi connectivity index (χ0n) is 35.2. The van der Waals surface area contributed by atoms with Gasteiger partial charge in [0.05, 0.1) is 22.5 Å². The Balaban J connectivity index is 1.40. The van der Waals surface area contributed by atoms with E-state index in [1.807, 2.05) is 121 Å². The maximum absolute atomic E-state index is 14.8. The van der Waals surface area contributed by atoms with Crippen molar-refractivity contribution in [3.63, 3.8) is 0 Å². The van der Waals surface area contributed by atoms with Crippen LogP contribution in [0, 0.1) is 11.6 Å². The summed E-state index contributed by atoms with van der Waals surface area (Å²) in [5.41, 5.74) is 10.2. The third kappa shape index (κ3) is 8.37. The number of amides is 2. The first-order valence-corrected chi connectivity index (χ1v) is 21.0. The minimum Gasteiger partial charge on any atom is -0.341 e. The monoisotopic (exact) mass is 822 g/mol. The van der Waals surface area contributed by atoms with Gasteiger partial charge < -0.3 is 19.8 Å². The van der Waals surface area contributed by atoms with Crippen molar-refractivity contribution < 1.29 is 18.4 Å². The number of anilines is 2. The van der Waals surface area contributed by atoms with Gasteiger partial charge in [0, 0.05) is 47.0 Å². The average molecular weight is 823 g/mol. The van der Waals surface area contributed by atoms with Crippen molar-refractivity contribution in [1.29, 1.82) is 0 Å². The molecule has 8 rings (SSSR count). The smallest absolute Gasteiger partial charge is 0.258 e. The molecule has 0 unspecified atom stereocenters. The van der Waals surface area contributed by atoms with Crippen molar-refractivity contribution in [3.8, 4) is 44.8 Å². The third-order valence-corrected chi connectivity index (χ3v) is 11.1. The molecule has 8 aromatic rings. The van der Waals surface area contributed by atoms with Gasteiger partial charge in [0.25, 0.3) is 11.8 Å². The van der Waals surface area contributed by atoms with Crippen LogP contribution < -0.4 is 10.6 Å². The van der Waals surface area contributed by atoms with E-state index in [2.05, 4.69) is 47.5 Å². The predicted octanol–water partition coefficient (Wildman–Crippen LogP) is 13.7. The van der Waals surface area contributed by atoms with Crippen molar-refractivity contribution in [2.45, 2.75) is 52.6 Å². The second kappa shape index (κ2) is 18.1. The van der Waals surface area contributed by atoms with Gasteiger partial charge in [-0.05, 0) is 107 Å². The number of hydrogen-bond acceptors (Lipinski definition) is 2. The van der Waals surface area contributed by atoms with E-state index in [1.165, 1.54) is 24.3 Å². The number of hydrogen-bond donors (Lipinski definition) is 2. The molecule has 0 radical (unpaired) electrons. The Bertz CT molecular complexity index is 2620. The first-order valence-electron chi connectivity index (χ1n) is 21.0. The number of nitrogens with one attached hydrogen (secondary N) is 2. The number of benzene rings is 6. The highest BCUT2D eigenvalue weighted by Crippen LogP contribution is 2.45. The summed E-state index contributed by atoms with van der Waals surface area (Å²) in [6.07, 6.45) is 0. The number of nitrogens with zero attached hydrogens (tertiary/aromatic N) is 2. The maximum Gasteiger partial charge on any atom is 0.258 e.